The molecule has 26 heteroatoms. The molecular formula is C70H68F6N12O8. The molecule has 498 valence electrons. The van der Waals surface area contributed by atoms with Gasteiger partial charge in [-0.1, -0.05) is 36.4 Å². The third-order valence-electron chi connectivity index (χ3n) is 17.4. The number of rotatable bonds is 19. The molecular weight excluding hydrogens is 1250 g/mol. The number of hydrogen-bond acceptors (Lipinski definition) is 14. The van der Waals surface area contributed by atoms with Crippen molar-refractivity contribution < 1.29 is 64.6 Å². The summed E-state index contributed by atoms with van der Waals surface area (Å²) in [6.07, 6.45) is -5.71. The first-order valence-electron chi connectivity index (χ1n) is 31.3. The van der Waals surface area contributed by atoms with E-state index in [1.807, 2.05) is 0 Å². The Bertz CT molecular complexity index is 3780. The standard InChI is InChI=1S/C70H68F6N12O8/c1-5-95-65(91)59-45(3)87(55-13-7-11-53(39-55)69(71,72)73)67(93)85(61(59)49-19-15-47(41-77)16-20-49)29-9-27-81-31-35-83(36-32-81)63(89)51-23-25-57(79-43-51)58-26-24-52(44-80-58)64(90)84-37-33-82(34-38-84)28-10-30-86-62(50-21-17-48(42-78)18-22-50)60(66(92)96-6-2)46(4)88(68(86)94)56-14-8-12-54(40-56)70(74,75)76/h7-8,11-26,39-40,43-44,61-62H,5-6,9-10,27-38H2,1-4H3. The topological polar surface area (TPSA) is 220 Å². The summed E-state index contributed by atoms with van der Waals surface area (Å²) in [5, 5.41) is 19.1. The van der Waals surface area contributed by atoms with Gasteiger partial charge in [0.1, 0.15) is 0 Å². The maximum absolute atomic E-state index is 14.7. The number of aromatic nitrogens is 2. The van der Waals surface area contributed by atoms with E-state index in [-0.39, 0.29) is 72.0 Å². The second kappa shape index (κ2) is 29.5. The van der Waals surface area contributed by atoms with Crippen molar-refractivity contribution in [2.24, 2.45) is 0 Å². The Kier molecular flexibility index (Phi) is 21.0. The Morgan fingerprint density at radius 2 is 0.875 bits per heavy atom. The van der Waals surface area contributed by atoms with Gasteiger partial charge in [0.05, 0.1) is 105 Å². The minimum atomic E-state index is -4.71. The predicted molar refractivity (Wildman–Crippen MR) is 340 cm³/mol. The van der Waals surface area contributed by atoms with Gasteiger partial charge < -0.3 is 29.1 Å². The van der Waals surface area contributed by atoms with Crippen LogP contribution < -0.4 is 9.80 Å². The maximum Gasteiger partial charge on any atom is 0.416 e. The van der Waals surface area contributed by atoms with Crippen molar-refractivity contribution in [3.05, 3.63) is 201 Å². The minimum Gasteiger partial charge on any atom is -0.463 e. The van der Waals surface area contributed by atoms with Crippen LogP contribution in [0.2, 0.25) is 0 Å². The number of alkyl halides is 6. The van der Waals surface area contributed by atoms with Gasteiger partial charge in [-0.2, -0.15) is 36.9 Å². The molecule has 10 rings (SSSR count). The van der Waals surface area contributed by atoms with Crippen LogP contribution in [0.3, 0.4) is 0 Å². The molecule has 20 nitrogen and oxygen atoms in total. The molecule has 0 saturated carbocycles. The van der Waals surface area contributed by atoms with Crippen molar-refractivity contribution in [1.29, 1.82) is 10.5 Å². The third kappa shape index (κ3) is 14.9. The van der Waals surface area contributed by atoms with Gasteiger partial charge in [-0.3, -0.25) is 39.2 Å². The molecule has 4 aliphatic rings. The number of amides is 6. The Morgan fingerprint density at radius 3 is 1.19 bits per heavy atom. The molecule has 0 radical (unpaired) electrons. The van der Waals surface area contributed by atoms with Crippen LogP contribution in [-0.2, 0) is 31.4 Å². The van der Waals surface area contributed by atoms with E-state index in [1.54, 1.807) is 96.4 Å². The fourth-order valence-electron chi connectivity index (χ4n) is 12.5. The molecule has 4 aromatic carbocycles. The van der Waals surface area contributed by atoms with Crippen molar-refractivity contribution in [3.63, 3.8) is 0 Å². The zero-order valence-electron chi connectivity index (χ0n) is 53.1. The van der Waals surface area contributed by atoms with Crippen molar-refractivity contribution in [3.8, 4) is 23.5 Å². The highest BCUT2D eigenvalue weighted by Gasteiger charge is 2.46. The lowest BCUT2D eigenvalue weighted by atomic mass is 9.92. The second-order valence-corrected chi connectivity index (χ2v) is 23.3. The summed E-state index contributed by atoms with van der Waals surface area (Å²) in [4.78, 5) is 106. The van der Waals surface area contributed by atoms with Crippen molar-refractivity contribution in [2.45, 2.75) is 65.0 Å². The Hall–Kier alpha value is -10.4. The van der Waals surface area contributed by atoms with Crippen LogP contribution in [0.4, 0.5) is 47.3 Å². The van der Waals surface area contributed by atoms with E-state index >= 15 is 0 Å². The zero-order chi connectivity index (χ0) is 68.6. The summed E-state index contributed by atoms with van der Waals surface area (Å²) in [5.41, 5.74) is 1.53. The quantitative estimate of drug-likeness (QED) is 0.0544. The van der Waals surface area contributed by atoms with Crippen LogP contribution in [0.25, 0.3) is 11.4 Å². The average Bonchev–Trinajstić information content (AvgIpc) is 0.803. The minimum absolute atomic E-state index is 0.00868. The highest BCUT2D eigenvalue weighted by molar-refractivity contribution is 6.05. The van der Waals surface area contributed by atoms with Crippen LogP contribution in [0.1, 0.15) is 107 Å². The van der Waals surface area contributed by atoms with Crippen LogP contribution in [-0.4, -0.2) is 167 Å². The van der Waals surface area contributed by atoms with E-state index in [1.165, 1.54) is 60.3 Å². The number of urea groups is 2. The number of pyridine rings is 2. The first-order valence-corrected chi connectivity index (χ1v) is 31.3. The van der Waals surface area contributed by atoms with Crippen molar-refractivity contribution in [1.82, 2.24) is 39.4 Å². The number of esters is 2. The maximum atomic E-state index is 14.7. The average molecular weight is 1320 g/mol. The van der Waals surface area contributed by atoms with Gasteiger partial charge in [0.15, 0.2) is 0 Å². The normalized spacial score (nSPS) is 17.6. The Balaban J connectivity index is 0.726. The van der Waals surface area contributed by atoms with E-state index in [0.29, 0.717) is 123 Å². The molecule has 4 aliphatic heterocycles. The molecule has 0 aliphatic carbocycles. The smallest absolute Gasteiger partial charge is 0.416 e. The number of allylic oxidation sites excluding steroid dienone is 2. The summed E-state index contributed by atoms with van der Waals surface area (Å²) in [6.45, 7) is 10.7. The number of nitrogens with zero attached hydrogens (tertiary/aromatic N) is 12. The van der Waals surface area contributed by atoms with Crippen LogP contribution in [0.5, 0.6) is 0 Å². The van der Waals surface area contributed by atoms with Gasteiger partial charge in [0.2, 0.25) is 0 Å². The second-order valence-electron chi connectivity index (χ2n) is 23.3. The number of halogens is 6. The largest absolute Gasteiger partial charge is 0.463 e. The van der Waals surface area contributed by atoms with E-state index in [2.05, 4.69) is 31.9 Å². The fourth-order valence-corrected chi connectivity index (χ4v) is 12.5. The molecule has 2 atom stereocenters. The zero-order valence-corrected chi connectivity index (χ0v) is 53.1. The van der Waals surface area contributed by atoms with Gasteiger partial charge in [0, 0.05) is 89.2 Å². The van der Waals surface area contributed by atoms with E-state index in [0.717, 1.165) is 34.1 Å². The summed E-state index contributed by atoms with van der Waals surface area (Å²) >= 11 is 0. The molecule has 0 N–H and O–H groups in total. The first kappa shape index (κ1) is 68.4. The first-order chi connectivity index (χ1) is 46.0. The molecule has 2 saturated heterocycles. The van der Waals surface area contributed by atoms with E-state index in [9.17, 15) is 65.6 Å². The number of anilines is 2. The molecule has 96 heavy (non-hydrogen) atoms. The fraction of sp³-hybridized carbons (Fsp3) is 0.343. The Morgan fingerprint density at radius 1 is 0.510 bits per heavy atom. The lowest BCUT2D eigenvalue weighted by Crippen LogP contribution is -2.52. The SMILES string of the molecule is CCOC(=O)C1=C(C)N(c2cccc(C(F)(F)F)c2)C(=O)N(CCCN2CCN(C(=O)c3ccc(-c4ccc(C(=O)N5CCN(CCCN6C(=O)N(c7cccc(C(F)(F)F)c7)C(C)=C(C(=O)OCC)C6c6ccc(C#N)cc6)CC5)cn4)nc3)CC2)C1c1ccc(C#N)cc1. The summed E-state index contributed by atoms with van der Waals surface area (Å²) < 4.78 is 94.8. The molecule has 2 unspecified atom stereocenters. The molecule has 6 amide bonds. The van der Waals surface area contributed by atoms with Crippen LogP contribution in [0, 0.1) is 22.7 Å². The lowest BCUT2D eigenvalue weighted by Gasteiger charge is -2.43. The van der Waals surface area contributed by atoms with Crippen molar-refractivity contribution in [2.75, 3.05) is 102 Å². The number of ether oxygens (including phenoxy) is 2. The molecule has 0 spiro atoms. The van der Waals surface area contributed by atoms with Gasteiger partial charge in [-0.15, -0.1) is 0 Å². The lowest BCUT2D eigenvalue weighted by molar-refractivity contribution is -0.140. The Labute approximate surface area is 550 Å². The van der Waals surface area contributed by atoms with Crippen LogP contribution in [0.15, 0.2) is 156 Å². The number of carbonyl (C=O) groups is 6. The number of carbonyl (C=O) groups excluding carboxylic acids is 6. The summed E-state index contributed by atoms with van der Waals surface area (Å²) in [6, 6.07) is 28.9. The predicted octanol–water partition coefficient (Wildman–Crippen LogP) is 11.3. The summed E-state index contributed by atoms with van der Waals surface area (Å²) in [5.74, 6) is -1.97. The van der Waals surface area contributed by atoms with Gasteiger partial charge in [-0.05, 0) is 150 Å². The highest BCUT2D eigenvalue weighted by Crippen LogP contribution is 2.44. The number of piperazine rings is 2. The van der Waals surface area contributed by atoms with E-state index in [4.69, 9.17) is 9.47 Å². The van der Waals surface area contributed by atoms with Gasteiger partial charge in [-0.25, -0.2) is 19.2 Å². The molecule has 6 heterocycles. The molecule has 2 aromatic heterocycles. The highest BCUT2D eigenvalue weighted by atomic mass is 19.4. The number of nitriles is 2. The monoisotopic (exact) mass is 1320 g/mol. The summed E-state index contributed by atoms with van der Waals surface area (Å²) in [7, 11) is 0. The van der Waals surface area contributed by atoms with Gasteiger partial charge in [0.25, 0.3) is 11.8 Å². The van der Waals surface area contributed by atoms with Crippen molar-refractivity contribution >= 4 is 47.2 Å². The molecule has 6 aromatic rings. The third-order valence-corrected chi connectivity index (χ3v) is 17.4. The number of benzene rings is 4. The van der Waals surface area contributed by atoms with Crippen LogP contribution >= 0.6 is 0 Å². The molecule has 0 bridgehead atoms. The van der Waals surface area contributed by atoms with Gasteiger partial charge >= 0.3 is 36.4 Å². The number of hydrogen-bond donors (Lipinski definition) is 0. The van der Waals surface area contributed by atoms with E-state index < -0.39 is 59.6 Å². The molecule has 2 fully saturated rings.